The molecule has 0 amide bonds. The molecule has 2 rings (SSSR count). The van der Waals surface area contributed by atoms with Crippen LogP contribution in [-0.2, 0) is 0 Å². The highest BCUT2D eigenvalue weighted by atomic mass is 32.1. The van der Waals surface area contributed by atoms with E-state index in [1.165, 1.54) is 0 Å². The molecule has 1 aromatic carbocycles. The summed E-state index contributed by atoms with van der Waals surface area (Å²) in [5, 5.41) is 14.9. The van der Waals surface area contributed by atoms with Gasteiger partial charge >= 0.3 is 10.4 Å². The van der Waals surface area contributed by atoms with Crippen LogP contribution >= 0.6 is 11.3 Å². The van der Waals surface area contributed by atoms with Gasteiger partial charge in [-0.1, -0.05) is 36.5 Å². The molecule has 0 aliphatic carbocycles. The van der Waals surface area contributed by atoms with E-state index >= 15 is 0 Å². The highest BCUT2D eigenvalue weighted by Gasteiger charge is 2.23. The van der Waals surface area contributed by atoms with Gasteiger partial charge in [0, 0.05) is 16.1 Å². The fraction of sp³-hybridized carbons (Fsp3) is 0.308. The molecular formula is C13H14N2O3S. The fourth-order valence-electron chi connectivity index (χ4n) is 1.80. The Bertz CT molecular complexity index is 681. The molecule has 100 valence electrons. The molecule has 0 fully saturated rings. The molecule has 0 radical (unpaired) electrons. The molecule has 19 heavy (non-hydrogen) atoms. The van der Waals surface area contributed by atoms with Crippen LogP contribution in [0.2, 0.25) is 0 Å². The lowest BCUT2D eigenvalue weighted by molar-refractivity contribution is -0.384. The van der Waals surface area contributed by atoms with Gasteiger partial charge in [-0.15, -0.1) is 0 Å². The van der Waals surface area contributed by atoms with Crippen molar-refractivity contribution in [3.05, 3.63) is 43.9 Å². The van der Waals surface area contributed by atoms with Gasteiger partial charge in [-0.25, -0.2) is 0 Å². The molecule has 5 nitrogen and oxygen atoms in total. The second-order valence-electron chi connectivity index (χ2n) is 4.32. The Morgan fingerprint density at radius 1 is 1.42 bits per heavy atom. The van der Waals surface area contributed by atoms with Gasteiger partial charge < -0.3 is 5.32 Å². The molecular weight excluding hydrogens is 264 g/mol. The molecule has 0 aliphatic rings. The van der Waals surface area contributed by atoms with Crippen LogP contribution < -0.4 is 10.1 Å². The first kappa shape index (κ1) is 13.5. The summed E-state index contributed by atoms with van der Waals surface area (Å²) in [4.78, 5) is 22.4. The van der Waals surface area contributed by atoms with Crippen molar-refractivity contribution in [2.24, 2.45) is 0 Å². The Morgan fingerprint density at radius 2 is 2.11 bits per heavy atom. The minimum atomic E-state index is -0.601. The van der Waals surface area contributed by atoms with E-state index in [1.54, 1.807) is 12.1 Å². The maximum atomic E-state index is 11.9. The lowest BCUT2D eigenvalue weighted by Crippen LogP contribution is -2.17. The first-order valence-corrected chi connectivity index (χ1v) is 6.83. The minimum Gasteiger partial charge on any atom is -0.376 e. The maximum absolute atomic E-state index is 11.9. The van der Waals surface area contributed by atoms with E-state index in [4.69, 9.17) is 0 Å². The zero-order valence-corrected chi connectivity index (χ0v) is 11.5. The lowest BCUT2D eigenvalue weighted by atomic mass is 10.1. The van der Waals surface area contributed by atoms with Crippen LogP contribution in [0.25, 0.3) is 10.1 Å². The summed E-state index contributed by atoms with van der Waals surface area (Å²) < 4.78 is 0.235. The summed E-state index contributed by atoms with van der Waals surface area (Å²) in [6.45, 7) is 3.91. The molecule has 1 heterocycles. The third-order valence-corrected chi connectivity index (χ3v) is 3.93. The largest absolute Gasteiger partial charge is 0.376 e. The standard InChI is InChI=1S/C13H14N2O3S/c1-3-8(2)14-11-9-6-4-5-7-10(9)19-13(16)12(11)15(17)18/h4-8,14H,3H2,1-2H3/t8-/m0/s1. The second-order valence-corrected chi connectivity index (χ2v) is 5.33. The van der Waals surface area contributed by atoms with Gasteiger partial charge in [-0.05, 0) is 19.4 Å². The summed E-state index contributed by atoms with van der Waals surface area (Å²) in [5.74, 6) is 0. The first-order valence-electron chi connectivity index (χ1n) is 6.01. The van der Waals surface area contributed by atoms with E-state index < -0.39 is 9.67 Å². The average Bonchev–Trinajstić information content (AvgIpc) is 2.37. The SMILES string of the molecule is CC[C@H](C)Nc1c([N+](=O)[O-])c(=O)sc2ccccc12. The number of hydrogen-bond acceptors (Lipinski definition) is 5. The molecule has 0 saturated carbocycles. The molecule has 0 unspecified atom stereocenters. The molecule has 1 N–H and O–H groups in total. The number of nitrogens with zero attached hydrogens (tertiary/aromatic N) is 1. The maximum Gasteiger partial charge on any atom is 0.350 e. The Morgan fingerprint density at radius 3 is 2.74 bits per heavy atom. The second kappa shape index (κ2) is 5.36. The van der Waals surface area contributed by atoms with Crippen molar-refractivity contribution in [3.8, 4) is 0 Å². The van der Waals surface area contributed by atoms with Gasteiger partial charge in [0.05, 0.1) is 4.92 Å². The number of nitro groups is 1. The van der Waals surface area contributed by atoms with Crippen LogP contribution in [0.15, 0.2) is 29.1 Å². The predicted octanol–water partition coefficient (Wildman–Crippen LogP) is 3.38. The van der Waals surface area contributed by atoms with E-state index in [1.807, 2.05) is 26.0 Å². The molecule has 0 spiro atoms. The third-order valence-electron chi connectivity index (χ3n) is 2.97. The predicted molar refractivity (Wildman–Crippen MR) is 78.1 cm³/mol. The van der Waals surface area contributed by atoms with Gasteiger partial charge in [0.25, 0.3) is 0 Å². The van der Waals surface area contributed by atoms with Gasteiger partial charge in [0.15, 0.2) is 0 Å². The van der Waals surface area contributed by atoms with Crippen molar-refractivity contribution in [1.82, 2.24) is 0 Å². The van der Waals surface area contributed by atoms with Gasteiger partial charge in [0.1, 0.15) is 5.69 Å². The van der Waals surface area contributed by atoms with E-state index in [-0.39, 0.29) is 11.7 Å². The van der Waals surface area contributed by atoms with Crippen molar-refractivity contribution < 1.29 is 4.92 Å². The number of anilines is 1. The number of hydrogen-bond donors (Lipinski definition) is 1. The number of nitrogens with one attached hydrogen (secondary N) is 1. The van der Waals surface area contributed by atoms with Crippen molar-refractivity contribution in [3.63, 3.8) is 0 Å². The zero-order valence-electron chi connectivity index (χ0n) is 10.7. The average molecular weight is 278 g/mol. The van der Waals surface area contributed by atoms with Crippen LogP contribution in [0.5, 0.6) is 0 Å². The topological polar surface area (TPSA) is 72.2 Å². The lowest BCUT2D eigenvalue weighted by Gasteiger charge is -2.14. The molecule has 0 bridgehead atoms. The van der Waals surface area contributed by atoms with Crippen LogP contribution in [0.3, 0.4) is 0 Å². The zero-order chi connectivity index (χ0) is 14.0. The number of benzene rings is 1. The van der Waals surface area contributed by atoms with Gasteiger partial charge in [-0.2, -0.15) is 0 Å². The Kier molecular flexibility index (Phi) is 3.80. The van der Waals surface area contributed by atoms with E-state index in [9.17, 15) is 14.9 Å². The van der Waals surface area contributed by atoms with Crippen LogP contribution in [-0.4, -0.2) is 11.0 Å². The van der Waals surface area contributed by atoms with Gasteiger partial charge in [-0.3, -0.25) is 14.9 Å². The van der Waals surface area contributed by atoms with Crippen molar-refractivity contribution in [2.45, 2.75) is 26.3 Å². The highest BCUT2D eigenvalue weighted by molar-refractivity contribution is 7.16. The van der Waals surface area contributed by atoms with Crippen LogP contribution in [0.1, 0.15) is 20.3 Å². The summed E-state index contributed by atoms with van der Waals surface area (Å²) in [5.41, 5.74) is -0.0253. The molecule has 1 aromatic heterocycles. The molecule has 0 aliphatic heterocycles. The van der Waals surface area contributed by atoms with Crippen LogP contribution in [0, 0.1) is 10.1 Å². The van der Waals surface area contributed by atoms with Crippen LogP contribution in [0.4, 0.5) is 11.4 Å². The first-order chi connectivity index (χ1) is 9.04. The Hall–Kier alpha value is -1.95. The summed E-state index contributed by atoms with van der Waals surface area (Å²) in [6, 6.07) is 7.28. The minimum absolute atomic E-state index is 0.0638. The van der Waals surface area contributed by atoms with E-state index in [0.717, 1.165) is 27.8 Å². The van der Waals surface area contributed by atoms with Crippen molar-refractivity contribution in [1.29, 1.82) is 0 Å². The van der Waals surface area contributed by atoms with Crippen molar-refractivity contribution >= 4 is 32.8 Å². The molecule has 2 aromatic rings. The Labute approximate surface area is 114 Å². The quantitative estimate of drug-likeness (QED) is 0.687. The number of rotatable bonds is 4. The van der Waals surface area contributed by atoms with Gasteiger partial charge in [0.2, 0.25) is 0 Å². The van der Waals surface area contributed by atoms with E-state index in [2.05, 4.69) is 5.32 Å². The Balaban J connectivity index is 2.76. The third kappa shape index (κ3) is 2.58. The number of fused-ring (bicyclic) bond motifs is 1. The summed E-state index contributed by atoms with van der Waals surface area (Å²) >= 11 is 0.908. The summed E-state index contributed by atoms with van der Waals surface area (Å²) in [6.07, 6.45) is 0.817. The fourth-order valence-corrected chi connectivity index (χ4v) is 2.70. The summed E-state index contributed by atoms with van der Waals surface area (Å²) in [7, 11) is 0. The monoisotopic (exact) mass is 278 g/mol. The molecule has 0 saturated heterocycles. The normalized spacial score (nSPS) is 12.3. The van der Waals surface area contributed by atoms with E-state index in [0.29, 0.717) is 5.69 Å². The molecule has 6 heteroatoms. The molecule has 1 atom stereocenters. The van der Waals surface area contributed by atoms with Crippen molar-refractivity contribution in [2.75, 3.05) is 5.32 Å². The smallest absolute Gasteiger partial charge is 0.350 e. The highest BCUT2D eigenvalue weighted by Crippen LogP contribution is 2.32.